The fraction of sp³-hybridized carbons (Fsp3) is 0.471. The van der Waals surface area contributed by atoms with E-state index in [1.165, 1.54) is 11.8 Å². The van der Waals surface area contributed by atoms with Crippen molar-refractivity contribution in [2.24, 2.45) is 4.99 Å². The number of amidine groups is 1. The van der Waals surface area contributed by atoms with Gasteiger partial charge in [0.1, 0.15) is 5.25 Å². The fourth-order valence-electron chi connectivity index (χ4n) is 2.13. The van der Waals surface area contributed by atoms with E-state index in [9.17, 15) is 9.59 Å². The SMILES string of the molecule is CC[C@H](C)N=C1NC(=O)[C@H](CC(=O)Nc2cc(C)ccc2C)S1. The quantitative estimate of drug-likeness (QED) is 0.870. The molecule has 2 rings (SSSR count). The average Bonchev–Trinajstić information content (AvgIpc) is 2.82. The molecule has 0 saturated carbocycles. The zero-order chi connectivity index (χ0) is 17.0. The van der Waals surface area contributed by atoms with Gasteiger partial charge in [-0.25, -0.2) is 0 Å². The Balaban J connectivity index is 1.97. The molecule has 1 fully saturated rings. The predicted molar refractivity (Wildman–Crippen MR) is 95.9 cm³/mol. The number of carbonyl (C=O) groups is 2. The molecule has 2 atom stereocenters. The Morgan fingerprint density at radius 3 is 2.87 bits per heavy atom. The van der Waals surface area contributed by atoms with Crippen molar-refractivity contribution in [3.8, 4) is 0 Å². The van der Waals surface area contributed by atoms with Crippen LogP contribution in [0.25, 0.3) is 0 Å². The maximum absolute atomic E-state index is 12.2. The topological polar surface area (TPSA) is 70.6 Å². The summed E-state index contributed by atoms with van der Waals surface area (Å²) >= 11 is 1.34. The van der Waals surface area contributed by atoms with Crippen LogP contribution in [0.3, 0.4) is 0 Å². The Morgan fingerprint density at radius 2 is 2.17 bits per heavy atom. The van der Waals surface area contributed by atoms with E-state index in [0.717, 1.165) is 23.2 Å². The lowest BCUT2D eigenvalue weighted by atomic mass is 10.1. The van der Waals surface area contributed by atoms with Crippen LogP contribution in [-0.2, 0) is 9.59 Å². The van der Waals surface area contributed by atoms with Gasteiger partial charge in [-0.05, 0) is 44.4 Å². The number of rotatable bonds is 5. The molecule has 1 saturated heterocycles. The Bertz CT molecular complexity index is 643. The number of amides is 2. The fourth-order valence-corrected chi connectivity index (χ4v) is 3.20. The van der Waals surface area contributed by atoms with Crippen LogP contribution in [0.4, 0.5) is 5.69 Å². The molecule has 5 nitrogen and oxygen atoms in total. The highest BCUT2D eigenvalue weighted by Crippen LogP contribution is 2.24. The summed E-state index contributed by atoms with van der Waals surface area (Å²) in [5, 5.41) is 5.85. The van der Waals surface area contributed by atoms with E-state index in [0.29, 0.717) is 5.17 Å². The highest BCUT2D eigenvalue weighted by molar-refractivity contribution is 8.15. The summed E-state index contributed by atoms with van der Waals surface area (Å²) in [6.45, 7) is 7.97. The van der Waals surface area contributed by atoms with Gasteiger partial charge in [0.05, 0.1) is 0 Å². The molecule has 124 valence electrons. The third-order valence-electron chi connectivity index (χ3n) is 3.74. The second kappa shape index (κ2) is 7.64. The zero-order valence-corrected chi connectivity index (χ0v) is 14.8. The zero-order valence-electron chi connectivity index (χ0n) is 14.0. The standard InChI is InChI=1S/C17H23N3O2S/c1-5-12(4)18-17-20-16(22)14(23-17)9-15(21)19-13-8-10(2)6-7-11(13)3/h6-8,12,14H,5,9H2,1-4H3,(H,19,21)(H,18,20,22)/t12-,14-/m0/s1. The van der Waals surface area contributed by atoms with Crippen molar-refractivity contribution in [3.05, 3.63) is 29.3 Å². The molecule has 1 heterocycles. The minimum atomic E-state index is -0.414. The number of carbonyl (C=O) groups excluding carboxylic acids is 2. The van der Waals surface area contributed by atoms with Gasteiger partial charge >= 0.3 is 0 Å². The first-order valence-electron chi connectivity index (χ1n) is 7.81. The van der Waals surface area contributed by atoms with E-state index >= 15 is 0 Å². The van der Waals surface area contributed by atoms with Gasteiger partial charge < -0.3 is 10.6 Å². The average molecular weight is 333 g/mol. The van der Waals surface area contributed by atoms with E-state index in [4.69, 9.17) is 0 Å². The van der Waals surface area contributed by atoms with E-state index in [1.807, 2.05) is 45.9 Å². The summed E-state index contributed by atoms with van der Waals surface area (Å²) < 4.78 is 0. The summed E-state index contributed by atoms with van der Waals surface area (Å²) in [5.74, 6) is -0.302. The van der Waals surface area contributed by atoms with Crippen LogP contribution in [-0.4, -0.2) is 28.3 Å². The van der Waals surface area contributed by atoms with Gasteiger partial charge in [-0.15, -0.1) is 0 Å². The first kappa shape index (κ1) is 17.5. The lowest BCUT2D eigenvalue weighted by molar-refractivity contribution is -0.122. The first-order chi connectivity index (χ1) is 10.9. The van der Waals surface area contributed by atoms with E-state index in [2.05, 4.69) is 15.6 Å². The molecule has 1 aliphatic rings. The molecule has 1 aliphatic heterocycles. The van der Waals surface area contributed by atoms with Gasteiger partial charge in [-0.2, -0.15) is 0 Å². The lowest BCUT2D eigenvalue weighted by Crippen LogP contribution is -2.28. The molecule has 0 aliphatic carbocycles. The van der Waals surface area contributed by atoms with Gasteiger partial charge in [0.2, 0.25) is 11.8 Å². The molecule has 23 heavy (non-hydrogen) atoms. The Labute approximate surface area is 141 Å². The minimum absolute atomic E-state index is 0.142. The molecule has 1 aromatic rings. The van der Waals surface area contributed by atoms with Crippen molar-refractivity contribution in [2.75, 3.05) is 5.32 Å². The van der Waals surface area contributed by atoms with Gasteiger partial charge in [0, 0.05) is 18.2 Å². The highest BCUT2D eigenvalue weighted by Gasteiger charge is 2.32. The number of hydrogen-bond donors (Lipinski definition) is 2. The van der Waals surface area contributed by atoms with Crippen LogP contribution < -0.4 is 10.6 Å². The van der Waals surface area contributed by atoms with Gasteiger partial charge in [0.25, 0.3) is 0 Å². The Kier molecular flexibility index (Phi) is 5.82. The van der Waals surface area contributed by atoms with Crippen LogP contribution in [0.15, 0.2) is 23.2 Å². The van der Waals surface area contributed by atoms with Gasteiger partial charge in [-0.3, -0.25) is 14.6 Å². The molecule has 0 radical (unpaired) electrons. The summed E-state index contributed by atoms with van der Waals surface area (Å²) in [6.07, 6.45) is 1.06. The number of nitrogens with one attached hydrogen (secondary N) is 2. The number of aryl methyl sites for hydroxylation is 2. The lowest BCUT2D eigenvalue weighted by Gasteiger charge is -2.10. The van der Waals surface area contributed by atoms with Gasteiger partial charge in [0.15, 0.2) is 5.17 Å². The Morgan fingerprint density at radius 1 is 1.43 bits per heavy atom. The van der Waals surface area contributed by atoms with Crippen molar-refractivity contribution < 1.29 is 9.59 Å². The van der Waals surface area contributed by atoms with Crippen molar-refractivity contribution in [2.45, 2.75) is 51.8 Å². The molecule has 0 unspecified atom stereocenters. The number of thioether (sulfide) groups is 1. The molecular formula is C17H23N3O2S. The molecule has 0 bridgehead atoms. The molecular weight excluding hydrogens is 310 g/mol. The molecule has 6 heteroatoms. The smallest absolute Gasteiger partial charge is 0.240 e. The Hall–Kier alpha value is -1.82. The van der Waals surface area contributed by atoms with Crippen molar-refractivity contribution in [1.82, 2.24) is 5.32 Å². The summed E-state index contributed by atoms with van der Waals surface area (Å²) in [6, 6.07) is 6.08. The maximum Gasteiger partial charge on any atom is 0.240 e. The molecule has 0 aromatic heterocycles. The van der Waals surface area contributed by atoms with E-state index in [1.54, 1.807) is 0 Å². The maximum atomic E-state index is 12.2. The summed E-state index contributed by atoms with van der Waals surface area (Å²) in [7, 11) is 0. The van der Waals surface area contributed by atoms with Crippen LogP contribution in [0.2, 0.25) is 0 Å². The van der Waals surface area contributed by atoms with Crippen LogP contribution >= 0.6 is 11.8 Å². The largest absolute Gasteiger partial charge is 0.326 e. The van der Waals surface area contributed by atoms with E-state index in [-0.39, 0.29) is 24.3 Å². The van der Waals surface area contributed by atoms with Crippen molar-refractivity contribution in [3.63, 3.8) is 0 Å². The minimum Gasteiger partial charge on any atom is -0.326 e. The van der Waals surface area contributed by atoms with E-state index < -0.39 is 5.25 Å². The second-order valence-corrected chi connectivity index (χ2v) is 7.05. The first-order valence-corrected chi connectivity index (χ1v) is 8.69. The van der Waals surface area contributed by atoms with Crippen LogP contribution in [0.5, 0.6) is 0 Å². The van der Waals surface area contributed by atoms with Crippen LogP contribution in [0.1, 0.15) is 37.8 Å². The summed E-state index contributed by atoms with van der Waals surface area (Å²) in [5.41, 5.74) is 2.89. The van der Waals surface area contributed by atoms with Crippen molar-refractivity contribution >= 4 is 34.4 Å². The predicted octanol–water partition coefficient (Wildman–Crippen LogP) is 3.02. The van der Waals surface area contributed by atoms with Crippen LogP contribution in [0, 0.1) is 13.8 Å². The number of anilines is 1. The molecule has 1 aromatic carbocycles. The third-order valence-corrected chi connectivity index (χ3v) is 4.84. The molecule has 0 spiro atoms. The number of hydrogen-bond acceptors (Lipinski definition) is 4. The molecule has 2 amide bonds. The number of nitrogens with zero attached hydrogens (tertiary/aromatic N) is 1. The second-order valence-electron chi connectivity index (χ2n) is 5.86. The molecule has 2 N–H and O–H groups in total. The third kappa shape index (κ3) is 4.82. The highest BCUT2D eigenvalue weighted by atomic mass is 32.2. The summed E-state index contributed by atoms with van der Waals surface area (Å²) in [4.78, 5) is 28.6. The number of aliphatic imine (C=N–C) groups is 1. The number of benzene rings is 1. The van der Waals surface area contributed by atoms with Gasteiger partial charge in [-0.1, -0.05) is 30.8 Å². The normalized spacial score (nSPS) is 20.4. The van der Waals surface area contributed by atoms with Crippen molar-refractivity contribution in [1.29, 1.82) is 0 Å². The monoisotopic (exact) mass is 333 g/mol.